The van der Waals surface area contributed by atoms with Crippen LogP contribution < -0.4 is 16.0 Å². The number of hydrogen-bond acceptors (Lipinski definition) is 9. The molecule has 13 heteroatoms. The van der Waals surface area contributed by atoms with E-state index in [1.807, 2.05) is 49.1 Å². The third kappa shape index (κ3) is 6.29. The lowest BCUT2D eigenvalue weighted by atomic mass is 9.86. The van der Waals surface area contributed by atoms with Gasteiger partial charge in [-0.25, -0.2) is 10.1 Å². The predicted molar refractivity (Wildman–Crippen MR) is 170 cm³/mol. The Morgan fingerprint density at radius 2 is 1.71 bits per heavy atom. The first-order chi connectivity index (χ1) is 21.8. The molecular formula is C32H35N11O2. The van der Waals surface area contributed by atoms with Gasteiger partial charge in [-0.05, 0) is 90.7 Å². The molecule has 2 aromatic heterocycles. The Labute approximate surface area is 259 Å². The molecule has 230 valence electrons. The fraction of sp³-hybridized carbons (Fsp3) is 0.281. The number of carbonyl (C=O) groups excluding carboxylic acids is 2. The summed E-state index contributed by atoms with van der Waals surface area (Å²) < 4.78 is 0. The van der Waals surface area contributed by atoms with Crippen LogP contribution in [0.5, 0.6) is 0 Å². The molecule has 1 aliphatic heterocycles. The van der Waals surface area contributed by atoms with Crippen LogP contribution in [0.2, 0.25) is 0 Å². The Morgan fingerprint density at radius 3 is 2.42 bits per heavy atom. The standard InChI is InChI=1S/C32H35N11O2/c1-20-24(32(2,31(45)43-16-6-7-17-43)35-19-27-39-41-42-40-27)14-15-25-28(20)37-26(36-25)18-34-23-12-10-21(11-13-23)29(33)38-30(44)22-8-4-3-5-9-22/h3-5,8-15,34-35H,6-7,16-19H2,1-2H3,(H,36,37)(H2,33,38,44)(H,39,40,41,42)/t32-/m1/s1. The van der Waals surface area contributed by atoms with E-state index in [1.54, 1.807) is 36.4 Å². The van der Waals surface area contributed by atoms with E-state index in [4.69, 9.17) is 10.4 Å². The van der Waals surface area contributed by atoms with Crippen LogP contribution in [0.3, 0.4) is 0 Å². The van der Waals surface area contributed by atoms with Crippen molar-refractivity contribution in [3.8, 4) is 0 Å². The van der Waals surface area contributed by atoms with Crippen LogP contribution in [0.25, 0.3) is 11.0 Å². The molecule has 2 amide bonds. The highest BCUT2D eigenvalue weighted by molar-refractivity contribution is 6.11. The van der Waals surface area contributed by atoms with Gasteiger partial charge in [-0.15, -0.1) is 5.10 Å². The zero-order valence-corrected chi connectivity index (χ0v) is 25.1. The molecule has 3 aromatic carbocycles. The molecule has 45 heavy (non-hydrogen) atoms. The first kappa shape index (κ1) is 29.6. The molecule has 6 rings (SSSR count). The maximum atomic E-state index is 13.9. The van der Waals surface area contributed by atoms with Gasteiger partial charge in [-0.3, -0.25) is 20.3 Å². The topological polar surface area (TPSA) is 180 Å². The number of hydrogen-bond donors (Lipinski definition) is 6. The maximum Gasteiger partial charge on any atom is 0.256 e. The largest absolute Gasteiger partial charge is 0.378 e. The van der Waals surface area contributed by atoms with Crippen molar-refractivity contribution < 1.29 is 9.59 Å². The van der Waals surface area contributed by atoms with E-state index in [2.05, 4.69) is 41.6 Å². The molecule has 0 bridgehead atoms. The Bertz CT molecular complexity index is 1810. The summed E-state index contributed by atoms with van der Waals surface area (Å²) in [5.41, 5.74) is 4.36. The van der Waals surface area contributed by atoms with Crippen molar-refractivity contribution in [2.24, 2.45) is 0 Å². The number of fused-ring (bicyclic) bond motifs is 1. The maximum absolute atomic E-state index is 13.9. The Balaban J connectivity index is 1.16. The van der Waals surface area contributed by atoms with Crippen molar-refractivity contribution in [3.05, 3.63) is 101 Å². The molecule has 1 fully saturated rings. The third-order valence-corrected chi connectivity index (χ3v) is 8.22. The van der Waals surface area contributed by atoms with Gasteiger partial charge in [0, 0.05) is 29.9 Å². The molecule has 0 saturated carbocycles. The number of aryl methyl sites for hydroxylation is 1. The van der Waals surface area contributed by atoms with Crippen LogP contribution in [0.15, 0.2) is 66.7 Å². The number of H-pyrrole nitrogens is 2. The number of nitrogens with one attached hydrogen (secondary N) is 6. The number of aromatic nitrogens is 6. The SMILES string of the molecule is Cc1c([C@@](C)(NCc2nnn[nH]2)C(=O)N2CCCC2)ccc2[nH]c(CNc3ccc(C(=N)NC(=O)c4ccccc4)cc3)nc12. The van der Waals surface area contributed by atoms with Gasteiger partial charge < -0.3 is 20.5 Å². The van der Waals surface area contributed by atoms with E-state index in [0.29, 0.717) is 30.0 Å². The molecule has 0 spiro atoms. The third-order valence-electron chi connectivity index (χ3n) is 8.22. The van der Waals surface area contributed by atoms with Gasteiger partial charge >= 0.3 is 0 Å². The second-order valence-electron chi connectivity index (χ2n) is 11.3. The van der Waals surface area contributed by atoms with Gasteiger partial charge in [0.2, 0.25) is 5.91 Å². The summed E-state index contributed by atoms with van der Waals surface area (Å²) >= 11 is 0. The predicted octanol–water partition coefficient (Wildman–Crippen LogP) is 3.38. The molecule has 1 aliphatic rings. The number of anilines is 1. The summed E-state index contributed by atoms with van der Waals surface area (Å²) in [5, 5.41) is 31.7. The Hall–Kier alpha value is -5.43. The summed E-state index contributed by atoms with van der Waals surface area (Å²) in [5.74, 6) is 1.01. The van der Waals surface area contributed by atoms with E-state index < -0.39 is 5.54 Å². The quantitative estimate of drug-likeness (QED) is 0.104. The number of benzene rings is 3. The fourth-order valence-electron chi connectivity index (χ4n) is 5.71. The number of aromatic amines is 2. The van der Waals surface area contributed by atoms with Gasteiger partial charge in [-0.1, -0.05) is 24.3 Å². The van der Waals surface area contributed by atoms with Crippen molar-refractivity contribution in [3.63, 3.8) is 0 Å². The number of carbonyl (C=O) groups is 2. The first-order valence-corrected chi connectivity index (χ1v) is 14.9. The zero-order chi connectivity index (χ0) is 31.4. The number of amides is 2. The molecule has 1 saturated heterocycles. The summed E-state index contributed by atoms with van der Waals surface area (Å²) in [6.07, 6.45) is 2.00. The normalized spacial score (nSPS) is 14.3. The summed E-state index contributed by atoms with van der Waals surface area (Å²) in [6, 6.07) is 20.0. The molecule has 1 atom stereocenters. The molecule has 0 aliphatic carbocycles. The average molecular weight is 606 g/mol. The summed E-state index contributed by atoms with van der Waals surface area (Å²) in [7, 11) is 0. The van der Waals surface area contributed by atoms with E-state index >= 15 is 0 Å². The molecule has 0 unspecified atom stereocenters. The van der Waals surface area contributed by atoms with Crippen molar-refractivity contribution >= 4 is 34.4 Å². The van der Waals surface area contributed by atoms with Gasteiger partial charge in [0.15, 0.2) is 5.82 Å². The van der Waals surface area contributed by atoms with Crippen LogP contribution in [0.1, 0.15) is 58.5 Å². The van der Waals surface area contributed by atoms with Crippen LogP contribution in [0, 0.1) is 12.3 Å². The highest BCUT2D eigenvalue weighted by Crippen LogP contribution is 2.32. The van der Waals surface area contributed by atoms with Crippen LogP contribution in [-0.4, -0.2) is 66.2 Å². The van der Waals surface area contributed by atoms with Crippen molar-refractivity contribution in [1.29, 1.82) is 5.41 Å². The Kier molecular flexibility index (Phi) is 8.34. The minimum Gasteiger partial charge on any atom is -0.378 e. The van der Waals surface area contributed by atoms with Crippen molar-refractivity contribution in [1.82, 2.24) is 46.1 Å². The smallest absolute Gasteiger partial charge is 0.256 e. The van der Waals surface area contributed by atoms with Gasteiger partial charge in [0.25, 0.3) is 5.91 Å². The monoisotopic (exact) mass is 605 g/mol. The number of imidazole rings is 1. The average Bonchev–Trinajstić information content (AvgIpc) is 3.86. The van der Waals surface area contributed by atoms with Gasteiger partial charge in [-0.2, -0.15) is 0 Å². The van der Waals surface area contributed by atoms with E-state index in [9.17, 15) is 9.59 Å². The van der Waals surface area contributed by atoms with Crippen molar-refractivity contribution in [2.75, 3.05) is 18.4 Å². The minimum absolute atomic E-state index is 0.0171. The van der Waals surface area contributed by atoms with E-state index in [0.717, 1.165) is 59.6 Å². The lowest BCUT2D eigenvalue weighted by Gasteiger charge is -2.35. The molecular weight excluding hydrogens is 570 g/mol. The molecule has 13 nitrogen and oxygen atoms in total. The van der Waals surface area contributed by atoms with E-state index in [1.165, 1.54) is 0 Å². The zero-order valence-electron chi connectivity index (χ0n) is 25.1. The molecule has 5 aromatic rings. The number of amidine groups is 1. The molecule has 0 radical (unpaired) electrons. The lowest BCUT2D eigenvalue weighted by molar-refractivity contribution is -0.137. The van der Waals surface area contributed by atoms with Gasteiger partial charge in [0.1, 0.15) is 17.2 Å². The summed E-state index contributed by atoms with van der Waals surface area (Å²) in [6.45, 7) is 6.12. The number of tetrazole rings is 1. The first-order valence-electron chi connectivity index (χ1n) is 14.9. The van der Waals surface area contributed by atoms with Crippen LogP contribution in [-0.2, 0) is 23.4 Å². The highest BCUT2D eigenvalue weighted by atomic mass is 16.2. The van der Waals surface area contributed by atoms with Crippen LogP contribution in [0.4, 0.5) is 5.69 Å². The number of nitrogens with zero attached hydrogens (tertiary/aromatic N) is 5. The lowest BCUT2D eigenvalue weighted by Crippen LogP contribution is -2.53. The highest BCUT2D eigenvalue weighted by Gasteiger charge is 2.40. The van der Waals surface area contributed by atoms with Gasteiger partial charge in [0.05, 0.1) is 24.1 Å². The Morgan fingerprint density at radius 1 is 0.956 bits per heavy atom. The van der Waals surface area contributed by atoms with E-state index in [-0.39, 0.29) is 17.6 Å². The van der Waals surface area contributed by atoms with Crippen molar-refractivity contribution in [2.45, 2.75) is 45.3 Å². The second-order valence-corrected chi connectivity index (χ2v) is 11.3. The second kappa shape index (κ2) is 12.7. The fourth-order valence-corrected chi connectivity index (χ4v) is 5.71. The number of likely N-dealkylation sites (tertiary alicyclic amines) is 1. The number of rotatable bonds is 10. The summed E-state index contributed by atoms with van der Waals surface area (Å²) in [4.78, 5) is 36.5. The minimum atomic E-state index is -1.01. The molecule has 6 N–H and O–H groups in total. The van der Waals surface area contributed by atoms with Crippen LogP contribution >= 0.6 is 0 Å². The molecule has 3 heterocycles.